The molecule has 4 N–H and O–H groups in total. The highest BCUT2D eigenvalue weighted by Crippen LogP contribution is 2.42. The third-order valence-corrected chi connectivity index (χ3v) is 8.89. The molecule has 5 rings (SSSR count). The largest absolute Gasteiger partial charge is 0.366 e. The average molecular weight is 537 g/mol. The van der Waals surface area contributed by atoms with Gasteiger partial charge in [-0.2, -0.15) is 0 Å². The number of anilines is 1. The molecule has 38 heavy (non-hydrogen) atoms. The molecule has 9 nitrogen and oxygen atoms in total. The highest BCUT2D eigenvalue weighted by Gasteiger charge is 2.31. The van der Waals surface area contributed by atoms with Gasteiger partial charge in [0.15, 0.2) is 5.13 Å². The number of carbonyl (C=O) groups is 3. The number of fused-ring (bicyclic) bond motifs is 3. The SMILES string of the molecule is CC(=O)N(c1ncc(-c2ccc(C(N)=O)c3[nH]c4c(c23)CCC(C(=O)NC2CCN(C)CC2)C4)s1)C(C)C. The number of amides is 3. The van der Waals surface area contributed by atoms with Crippen LogP contribution in [-0.4, -0.2) is 64.8 Å². The topological polar surface area (TPSA) is 124 Å². The molecular formula is C28H36N6O3S. The van der Waals surface area contributed by atoms with Gasteiger partial charge in [0.05, 0.1) is 16.0 Å². The number of nitrogens with two attached hydrogens (primary N) is 1. The lowest BCUT2D eigenvalue weighted by atomic mass is 9.85. The summed E-state index contributed by atoms with van der Waals surface area (Å²) in [4.78, 5) is 50.6. The van der Waals surface area contributed by atoms with Crippen molar-refractivity contribution < 1.29 is 14.4 Å². The first-order valence-corrected chi connectivity index (χ1v) is 14.2. The van der Waals surface area contributed by atoms with E-state index in [1.54, 1.807) is 24.1 Å². The van der Waals surface area contributed by atoms with Crippen LogP contribution in [0.25, 0.3) is 21.3 Å². The van der Waals surface area contributed by atoms with Crippen molar-refractivity contribution in [1.82, 2.24) is 20.2 Å². The molecule has 0 saturated carbocycles. The molecule has 1 aliphatic carbocycles. The number of aromatic nitrogens is 2. The Kier molecular flexibility index (Phi) is 7.28. The fourth-order valence-corrected chi connectivity index (χ4v) is 6.99. The molecule has 2 aliphatic rings. The minimum atomic E-state index is -0.496. The van der Waals surface area contributed by atoms with Crippen LogP contribution in [0.2, 0.25) is 0 Å². The third kappa shape index (κ3) is 4.94. The first-order valence-electron chi connectivity index (χ1n) is 13.3. The Bertz CT molecular complexity index is 1380. The van der Waals surface area contributed by atoms with E-state index < -0.39 is 5.91 Å². The molecule has 3 aromatic rings. The summed E-state index contributed by atoms with van der Waals surface area (Å²) >= 11 is 1.46. The minimum absolute atomic E-state index is 0.0126. The van der Waals surface area contributed by atoms with Crippen LogP contribution in [0, 0.1) is 5.92 Å². The molecule has 1 unspecified atom stereocenters. The van der Waals surface area contributed by atoms with Crippen molar-refractivity contribution >= 4 is 45.1 Å². The number of piperidine rings is 1. The number of aryl methyl sites for hydroxylation is 1. The highest BCUT2D eigenvalue weighted by atomic mass is 32.1. The number of primary amides is 1. The van der Waals surface area contributed by atoms with Gasteiger partial charge in [0.2, 0.25) is 11.8 Å². The van der Waals surface area contributed by atoms with Crippen molar-refractivity contribution in [2.75, 3.05) is 25.0 Å². The Hall–Kier alpha value is -3.24. The summed E-state index contributed by atoms with van der Waals surface area (Å²) in [6, 6.07) is 3.88. The van der Waals surface area contributed by atoms with Gasteiger partial charge in [0.1, 0.15) is 0 Å². The van der Waals surface area contributed by atoms with Crippen molar-refractivity contribution in [3.05, 3.63) is 35.2 Å². The Morgan fingerprint density at radius 3 is 2.61 bits per heavy atom. The molecule has 10 heteroatoms. The van der Waals surface area contributed by atoms with E-state index in [-0.39, 0.29) is 29.8 Å². The van der Waals surface area contributed by atoms with E-state index in [1.807, 2.05) is 19.9 Å². The van der Waals surface area contributed by atoms with Crippen LogP contribution in [-0.2, 0) is 22.4 Å². The second kappa shape index (κ2) is 10.5. The second-order valence-electron chi connectivity index (χ2n) is 10.9. The monoisotopic (exact) mass is 536 g/mol. The lowest BCUT2D eigenvalue weighted by Gasteiger charge is -2.31. The minimum Gasteiger partial charge on any atom is -0.366 e. The first-order chi connectivity index (χ1) is 18.1. The van der Waals surface area contributed by atoms with Crippen LogP contribution in [0.15, 0.2) is 18.3 Å². The lowest BCUT2D eigenvalue weighted by Crippen LogP contribution is -2.46. The summed E-state index contributed by atoms with van der Waals surface area (Å²) in [7, 11) is 2.11. The molecule has 0 radical (unpaired) electrons. The molecule has 3 amide bonds. The van der Waals surface area contributed by atoms with Gasteiger partial charge in [-0.15, -0.1) is 0 Å². The average Bonchev–Trinajstić information content (AvgIpc) is 3.49. The number of rotatable bonds is 6. The Labute approximate surface area is 226 Å². The van der Waals surface area contributed by atoms with Gasteiger partial charge >= 0.3 is 0 Å². The molecule has 1 aliphatic heterocycles. The van der Waals surface area contributed by atoms with Gasteiger partial charge in [0.25, 0.3) is 5.91 Å². The molecule has 2 aromatic heterocycles. The molecular weight excluding hydrogens is 500 g/mol. The van der Waals surface area contributed by atoms with E-state index in [0.29, 0.717) is 22.6 Å². The quantitative estimate of drug-likeness (QED) is 0.445. The summed E-state index contributed by atoms with van der Waals surface area (Å²) in [5.74, 6) is -0.548. The highest BCUT2D eigenvalue weighted by molar-refractivity contribution is 7.19. The number of H-pyrrole nitrogens is 1. The van der Waals surface area contributed by atoms with Gasteiger partial charge < -0.3 is 20.9 Å². The first kappa shape index (κ1) is 26.4. The fourth-order valence-electron chi connectivity index (χ4n) is 5.87. The van der Waals surface area contributed by atoms with Crippen LogP contribution >= 0.6 is 11.3 Å². The van der Waals surface area contributed by atoms with Crippen molar-refractivity contribution in [3.8, 4) is 10.4 Å². The predicted molar refractivity (Wildman–Crippen MR) is 150 cm³/mol. The van der Waals surface area contributed by atoms with Crippen molar-refractivity contribution in [3.63, 3.8) is 0 Å². The number of hydrogen-bond acceptors (Lipinski definition) is 6. The normalized spacial score (nSPS) is 18.5. The third-order valence-electron chi connectivity index (χ3n) is 7.86. The maximum absolute atomic E-state index is 13.2. The number of benzene rings is 1. The van der Waals surface area contributed by atoms with Gasteiger partial charge in [-0.1, -0.05) is 17.4 Å². The zero-order valence-electron chi connectivity index (χ0n) is 22.5. The number of nitrogens with zero attached hydrogens (tertiary/aromatic N) is 3. The molecule has 1 saturated heterocycles. The van der Waals surface area contributed by atoms with E-state index in [1.165, 1.54) is 11.3 Å². The summed E-state index contributed by atoms with van der Waals surface area (Å²) in [6.45, 7) is 7.47. The van der Waals surface area contributed by atoms with Crippen molar-refractivity contribution in [2.45, 2.75) is 65.0 Å². The van der Waals surface area contributed by atoms with Crippen LogP contribution in [0.1, 0.15) is 61.6 Å². The number of hydrogen-bond donors (Lipinski definition) is 3. The summed E-state index contributed by atoms with van der Waals surface area (Å²) < 4.78 is 0. The summed E-state index contributed by atoms with van der Waals surface area (Å²) in [6.07, 6.45) is 5.82. The Morgan fingerprint density at radius 1 is 1.21 bits per heavy atom. The van der Waals surface area contributed by atoms with Crippen molar-refractivity contribution in [1.29, 1.82) is 0 Å². The maximum atomic E-state index is 13.2. The zero-order valence-corrected chi connectivity index (χ0v) is 23.3. The molecule has 1 atom stereocenters. The lowest BCUT2D eigenvalue weighted by molar-refractivity contribution is -0.126. The van der Waals surface area contributed by atoms with Gasteiger partial charge in [-0.25, -0.2) is 4.98 Å². The predicted octanol–water partition coefficient (Wildman–Crippen LogP) is 3.47. The van der Waals surface area contributed by atoms with Gasteiger partial charge in [-0.3, -0.25) is 19.3 Å². The standard InChI is InChI=1S/C28H36N6O3S/c1-15(2)34(16(3)35)28-30-14-23(38-28)20-7-8-21(26(29)36)25-24(20)19-6-5-17(13-22(19)32-25)27(37)31-18-9-11-33(4)12-10-18/h7-8,14-15,17-18,32H,5-6,9-13H2,1-4H3,(H2,29,36)(H,31,37). The molecule has 0 spiro atoms. The van der Waals surface area contributed by atoms with E-state index in [2.05, 4.69) is 27.2 Å². The van der Waals surface area contributed by atoms with Crippen LogP contribution in [0.5, 0.6) is 0 Å². The second-order valence-corrected chi connectivity index (χ2v) is 11.9. The number of carbonyl (C=O) groups excluding carboxylic acids is 3. The van der Waals surface area contributed by atoms with Gasteiger partial charge in [0, 0.05) is 47.8 Å². The number of thiazole rings is 1. The number of nitrogens with one attached hydrogen (secondary N) is 2. The van der Waals surface area contributed by atoms with Crippen LogP contribution < -0.4 is 16.0 Å². The van der Waals surface area contributed by atoms with E-state index in [0.717, 1.165) is 65.9 Å². The maximum Gasteiger partial charge on any atom is 0.250 e. The smallest absolute Gasteiger partial charge is 0.250 e. The summed E-state index contributed by atoms with van der Waals surface area (Å²) in [5.41, 5.74) is 9.95. The molecule has 202 valence electrons. The van der Waals surface area contributed by atoms with E-state index >= 15 is 0 Å². The molecule has 1 fully saturated rings. The number of aromatic amines is 1. The Morgan fingerprint density at radius 2 is 1.95 bits per heavy atom. The van der Waals surface area contributed by atoms with Crippen LogP contribution in [0.3, 0.4) is 0 Å². The van der Waals surface area contributed by atoms with E-state index in [4.69, 9.17) is 5.73 Å². The van der Waals surface area contributed by atoms with E-state index in [9.17, 15) is 14.4 Å². The summed E-state index contributed by atoms with van der Waals surface area (Å²) in [5, 5.41) is 4.88. The van der Waals surface area contributed by atoms with Crippen molar-refractivity contribution in [2.24, 2.45) is 11.7 Å². The fraction of sp³-hybridized carbons (Fsp3) is 0.500. The molecule has 3 heterocycles. The Balaban J connectivity index is 1.48. The molecule has 1 aromatic carbocycles. The zero-order chi connectivity index (χ0) is 27.1. The van der Waals surface area contributed by atoms with Gasteiger partial charge in [-0.05, 0) is 77.7 Å². The van der Waals surface area contributed by atoms with Crippen LogP contribution in [0.4, 0.5) is 5.13 Å². The number of likely N-dealkylation sites (tertiary alicyclic amines) is 1. The molecule has 0 bridgehead atoms.